The molecule has 0 heterocycles. The van der Waals surface area contributed by atoms with E-state index in [0.29, 0.717) is 24.8 Å². The number of aliphatic hydroxyl groups excluding tert-OH is 3. The van der Waals surface area contributed by atoms with Crippen LogP contribution in [0.2, 0.25) is 0 Å². The molecule has 12 heteroatoms. The predicted octanol–water partition coefficient (Wildman–Crippen LogP) is 8.45. The van der Waals surface area contributed by atoms with E-state index < -0.39 is 35.9 Å². The Morgan fingerprint density at radius 3 is 2.23 bits per heavy atom. The number of hydrogen-bond acceptors (Lipinski definition) is 9. The number of hydrogen-bond donors (Lipinski definition) is 6. The molecule has 0 bridgehead atoms. The van der Waals surface area contributed by atoms with Crippen LogP contribution in [0.5, 0.6) is 0 Å². The smallest absolute Gasteiger partial charge is 0.360 e. The van der Waals surface area contributed by atoms with Crippen LogP contribution < -0.4 is 16.8 Å². The normalized spacial score (nSPS) is 16.9. The van der Waals surface area contributed by atoms with E-state index in [1.165, 1.54) is 18.3 Å². The van der Waals surface area contributed by atoms with Gasteiger partial charge in [-0.3, -0.25) is 14.6 Å². The number of rotatable bonds is 17. The number of carbonyl (C=O) groups excluding carboxylic acids is 3. The number of amidine groups is 2. The van der Waals surface area contributed by atoms with E-state index in [1.807, 2.05) is 46.8 Å². The van der Waals surface area contributed by atoms with E-state index in [0.717, 1.165) is 57.8 Å². The van der Waals surface area contributed by atoms with Crippen molar-refractivity contribution in [3.05, 3.63) is 95.7 Å². The van der Waals surface area contributed by atoms with Crippen molar-refractivity contribution in [2.75, 3.05) is 20.8 Å². The SMILES string of the molecule is C=CC/C=C\C(=C/C)C1(CC(=NC)NC(=O)/C(O)=C/C(N)=O)CCCC1.CC.CC.CCCC(CC)(CC(N)=N/C(C(=O)OC)=C(/O)CO)C1=CC=CCC=C1. The number of primary amides is 1. The molecule has 0 aromatic carbocycles. The van der Waals surface area contributed by atoms with E-state index in [-0.39, 0.29) is 22.4 Å². The lowest BCUT2D eigenvalue weighted by atomic mass is 9.71. The number of nitrogens with two attached hydrogens (primary N) is 2. The molecule has 56 heavy (non-hydrogen) atoms. The third kappa shape index (κ3) is 18.1. The number of allylic oxidation sites excluding steroid dienone is 11. The van der Waals surface area contributed by atoms with Gasteiger partial charge in [-0.2, -0.15) is 0 Å². The average Bonchev–Trinajstić information content (AvgIpc) is 3.50. The fraction of sp³-hybridized carbons (Fsp3) is 0.523. The molecule has 1 saturated carbocycles. The Bertz CT molecular complexity index is 1520. The monoisotopic (exact) mass is 782 g/mol. The van der Waals surface area contributed by atoms with Crippen molar-refractivity contribution in [1.82, 2.24) is 5.32 Å². The summed E-state index contributed by atoms with van der Waals surface area (Å²) < 4.78 is 4.61. The summed E-state index contributed by atoms with van der Waals surface area (Å²) in [5, 5.41) is 31.1. The molecule has 1 fully saturated rings. The second-order valence-corrected chi connectivity index (χ2v) is 12.7. The number of ether oxygens (including phenoxy) is 1. The Morgan fingerprint density at radius 1 is 1.09 bits per heavy atom. The van der Waals surface area contributed by atoms with Gasteiger partial charge in [0.1, 0.15) is 18.3 Å². The van der Waals surface area contributed by atoms with Crippen molar-refractivity contribution in [1.29, 1.82) is 0 Å². The van der Waals surface area contributed by atoms with Crippen LogP contribution in [0.15, 0.2) is 106 Å². The molecule has 2 aliphatic rings. The fourth-order valence-electron chi connectivity index (χ4n) is 6.57. The van der Waals surface area contributed by atoms with Crippen molar-refractivity contribution in [2.24, 2.45) is 32.3 Å². The first-order valence-corrected chi connectivity index (χ1v) is 19.7. The average molecular weight is 782 g/mol. The fourth-order valence-corrected chi connectivity index (χ4v) is 6.57. The Morgan fingerprint density at radius 2 is 1.73 bits per heavy atom. The van der Waals surface area contributed by atoms with Gasteiger partial charge in [-0.1, -0.05) is 115 Å². The molecular weight excluding hydrogens is 711 g/mol. The number of methoxy groups -OCH3 is 1. The Kier molecular flexibility index (Phi) is 28.7. The quantitative estimate of drug-likeness (QED) is 0.0160. The second kappa shape index (κ2) is 30.3. The first-order chi connectivity index (χ1) is 26.8. The summed E-state index contributed by atoms with van der Waals surface area (Å²) in [6, 6.07) is 0. The second-order valence-electron chi connectivity index (χ2n) is 12.7. The molecule has 314 valence electrons. The van der Waals surface area contributed by atoms with Crippen molar-refractivity contribution in [2.45, 2.75) is 119 Å². The number of nitrogens with zero attached hydrogens (tertiary/aromatic N) is 2. The lowest BCUT2D eigenvalue weighted by Crippen LogP contribution is -2.36. The zero-order chi connectivity index (χ0) is 43.2. The molecule has 2 aliphatic carbocycles. The summed E-state index contributed by atoms with van der Waals surface area (Å²) in [7, 11) is 2.77. The highest BCUT2D eigenvalue weighted by Gasteiger charge is 2.38. The topological polar surface area (TPSA) is 210 Å². The first-order valence-electron chi connectivity index (χ1n) is 19.7. The van der Waals surface area contributed by atoms with Crippen LogP contribution in [0.3, 0.4) is 0 Å². The molecule has 0 radical (unpaired) electrons. The summed E-state index contributed by atoms with van der Waals surface area (Å²) in [4.78, 5) is 42.9. The molecule has 0 spiro atoms. The molecular formula is C44H71N5O7. The van der Waals surface area contributed by atoms with Crippen LogP contribution in [-0.2, 0) is 19.1 Å². The first kappa shape index (κ1) is 53.1. The van der Waals surface area contributed by atoms with Crippen molar-refractivity contribution in [3.63, 3.8) is 0 Å². The van der Waals surface area contributed by atoms with Crippen LogP contribution in [-0.4, -0.2) is 65.5 Å². The predicted molar refractivity (Wildman–Crippen MR) is 231 cm³/mol. The zero-order valence-electron chi connectivity index (χ0n) is 35.5. The Balaban J connectivity index is 0. The molecule has 1 atom stereocenters. The summed E-state index contributed by atoms with van der Waals surface area (Å²) in [5.74, 6) is -3.12. The summed E-state index contributed by atoms with van der Waals surface area (Å²) in [5.41, 5.74) is 12.8. The minimum Gasteiger partial charge on any atom is -0.507 e. The number of aliphatic imine (C=N–C) groups is 2. The van der Waals surface area contributed by atoms with Gasteiger partial charge < -0.3 is 36.8 Å². The highest BCUT2D eigenvalue weighted by Crippen LogP contribution is 2.48. The van der Waals surface area contributed by atoms with Crippen LogP contribution in [0.25, 0.3) is 0 Å². The van der Waals surface area contributed by atoms with E-state index in [9.17, 15) is 24.6 Å². The molecule has 0 aromatic heterocycles. The highest BCUT2D eigenvalue weighted by molar-refractivity contribution is 6.07. The zero-order valence-corrected chi connectivity index (χ0v) is 35.5. The molecule has 0 saturated heterocycles. The van der Waals surface area contributed by atoms with Gasteiger partial charge in [-0.25, -0.2) is 9.79 Å². The van der Waals surface area contributed by atoms with Crippen LogP contribution in [0.1, 0.15) is 119 Å². The molecule has 1 unspecified atom stereocenters. The minimum absolute atomic E-state index is 0.0996. The van der Waals surface area contributed by atoms with Crippen molar-refractivity contribution >= 4 is 29.5 Å². The molecule has 0 aliphatic heterocycles. The number of aliphatic hydroxyl groups is 3. The van der Waals surface area contributed by atoms with Crippen LogP contribution in [0.4, 0.5) is 0 Å². The van der Waals surface area contributed by atoms with Crippen LogP contribution >= 0.6 is 0 Å². The van der Waals surface area contributed by atoms with Crippen LogP contribution in [0, 0.1) is 10.8 Å². The third-order valence-corrected chi connectivity index (χ3v) is 9.21. The maximum Gasteiger partial charge on any atom is 0.360 e. The summed E-state index contributed by atoms with van der Waals surface area (Å²) in [6.45, 7) is 17.2. The summed E-state index contributed by atoms with van der Waals surface area (Å²) >= 11 is 0. The lowest BCUT2D eigenvalue weighted by molar-refractivity contribution is -0.136. The van der Waals surface area contributed by atoms with Gasteiger partial charge in [0.25, 0.3) is 5.91 Å². The number of esters is 1. The van der Waals surface area contributed by atoms with Gasteiger partial charge in [-0.05, 0) is 56.6 Å². The van der Waals surface area contributed by atoms with Gasteiger partial charge in [-0.15, -0.1) is 6.58 Å². The molecule has 2 rings (SSSR count). The third-order valence-electron chi connectivity index (χ3n) is 9.21. The van der Waals surface area contributed by atoms with E-state index in [2.05, 4.69) is 83.0 Å². The Hall–Kier alpha value is -4.97. The van der Waals surface area contributed by atoms with Crippen molar-refractivity contribution in [3.8, 4) is 0 Å². The maximum atomic E-state index is 12.0. The summed E-state index contributed by atoms with van der Waals surface area (Å²) in [6.07, 6.45) is 28.9. The number of carbonyl (C=O) groups is 3. The molecule has 8 N–H and O–H groups in total. The maximum absolute atomic E-state index is 12.0. The standard InChI is InChI=1S/C20H29N3O3.C20H30N2O4.2C2H6/c1-4-6-7-10-15(5-2)20(11-8-9-12-20)14-18(22-3)23-19(26)16(24)13-17(21)25;1-4-12-20(5-2,15-10-8-6-7-9-11-15)13-17(21)22-18(16(24)14-23)19(25)26-3;2*1-2/h4-5,7,10,13,24H,1,6,8-9,11-12,14H2,2-3H3,(H2,21,25)(H,22,23,26);6,8-11,23-24H,4-5,7,12-14H2,1-3H3,(H2,21,22);2*1-2H3/b10-7-,15-5+,16-13-;18-16+;;. The Labute approximate surface area is 336 Å². The van der Waals surface area contributed by atoms with E-state index in [4.69, 9.17) is 16.6 Å². The molecule has 0 aromatic rings. The number of amides is 2. The van der Waals surface area contributed by atoms with Crippen molar-refractivity contribution < 1.29 is 34.4 Å². The largest absolute Gasteiger partial charge is 0.507 e. The van der Waals surface area contributed by atoms with Gasteiger partial charge in [0, 0.05) is 30.7 Å². The van der Waals surface area contributed by atoms with Gasteiger partial charge in [0.15, 0.2) is 17.2 Å². The molecule has 12 nitrogen and oxygen atoms in total. The minimum atomic E-state index is -0.886. The van der Waals surface area contributed by atoms with Gasteiger partial charge >= 0.3 is 5.97 Å². The van der Waals surface area contributed by atoms with E-state index >= 15 is 0 Å². The highest BCUT2D eigenvalue weighted by atomic mass is 16.5. The molecule has 2 amide bonds. The van der Waals surface area contributed by atoms with Gasteiger partial charge in [0.05, 0.1) is 13.2 Å². The van der Waals surface area contributed by atoms with E-state index in [1.54, 1.807) is 7.05 Å². The lowest BCUT2D eigenvalue weighted by Gasteiger charge is -2.34. The number of nitrogens with one attached hydrogen (secondary N) is 1. The van der Waals surface area contributed by atoms with Gasteiger partial charge in [0.2, 0.25) is 5.91 Å².